The maximum absolute atomic E-state index is 9.03. The molecule has 0 amide bonds. The van der Waals surface area contributed by atoms with E-state index in [1.54, 1.807) is 0 Å². The van der Waals surface area contributed by atoms with Crippen molar-refractivity contribution < 1.29 is 5.11 Å². The fraction of sp³-hybridized carbons (Fsp3) is 1.00. The van der Waals surface area contributed by atoms with Crippen LogP contribution in [-0.4, -0.2) is 36.9 Å². The molecule has 2 aliphatic rings. The molecule has 3 N–H and O–H groups in total. The number of aliphatic hydroxyl groups is 1. The van der Waals surface area contributed by atoms with Crippen LogP contribution in [0.1, 0.15) is 58.3 Å². The zero-order valence-corrected chi connectivity index (χ0v) is 12.5. The molecule has 4 atom stereocenters. The van der Waals surface area contributed by atoms with E-state index in [1.807, 2.05) is 0 Å². The maximum atomic E-state index is 9.03. The van der Waals surface area contributed by atoms with Crippen LogP contribution in [-0.2, 0) is 0 Å². The Hall–Kier alpha value is -0.120. The summed E-state index contributed by atoms with van der Waals surface area (Å²) < 4.78 is 0. The van der Waals surface area contributed by atoms with E-state index in [0.29, 0.717) is 12.5 Å². The summed E-state index contributed by atoms with van der Waals surface area (Å²) in [6.45, 7) is 4.81. The highest BCUT2D eigenvalue weighted by molar-refractivity contribution is 4.92. The predicted molar refractivity (Wildman–Crippen MR) is 80.3 cm³/mol. The van der Waals surface area contributed by atoms with Crippen LogP contribution in [0.15, 0.2) is 0 Å². The van der Waals surface area contributed by atoms with Crippen LogP contribution < -0.4 is 10.6 Å². The summed E-state index contributed by atoms with van der Waals surface area (Å²) in [4.78, 5) is 0. The summed E-state index contributed by atoms with van der Waals surface area (Å²) in [5, 5.41) is 16.6. The summed E-state index contributed by atoms with van der Waals surface area (Å²) in [5.41, 5.74) is 0. The molecule has 3 nitrogen and oxygen atoms in total. The summed E-state index contributed by atoms with van der Waals surface area (Å²) in [5.74, 6) is 1.32. The Morgan fingerprint density at radius 1 is 1.21 bits per heavy atom. The molecule has 1 saturated carbocycles. The first-order valence-corrected chi connectivity index (χ1v) is 8.39. The van der Waals surface area contributed by atoms with Gasteiger partial charge in [0.1, 0.15) is 0 Å². The van der Waals surface area contributed by atoms with Crippen LogP contribution in [0.25, 0.3) is 0 Å². The molecule has 0 aromatic heterocycles. The third-order valence-corrected chi connectivity index (χ3v) is 5.03. The second-order valence-electron chi connectivity index (χ2n) is 6.64. The molecular formula is C16H32N2O. The highest BCUT2D eigenvalue weighted by atomic mass is 16.3. The third kappa shape index (κ3) is 4.73. The number of aliphatic hydroxyl groups excluding tert-OH is 1. The molecule has 19 heavy (non-hydrogen) atoms. The Balaban J connectivity index is 1.67. The van der Waals surface area contributed by atoms with Crippen molar-refractivity contribution in [1.29, 1.82) is 0 Å². The first-order chi connectivity index (χ1) is 9.31. The number of rotatable bonds is 7. The van der Waals surface area contributed by atoms with E-state index < -0.39 is 0 Å². The molecule has 0 spiro atoms. The average Bonchev–Trinajstić information content (AvgIpc) is 2.92. The van der Waals surface area contributed by atoms with Gasteiger partial charge in [0.05, 0.1) is 0 Å². The molecular weight excluding hydrogens is 236 g/mol. The van der Waals surface area contributed by atoms with Crippen LogP contribution in [0.2, 0.25) is 0 Å². The highest BCUT2D eigenvalue weighted by Crippen LogP contribution is 2.31. The van der Waals surface area contributed by atoms with Gasteiger partial charge < -0.3 is 15.7 Å². The Labute approximate surface area is 118 Å². The molecule has 0 aromatic rings. The highest BCUT2D eigenvalue weighted by Gasteiger charge is 2.33. The van der Waals surface area contributed by atoms with Gasteiger partial charge in [-0.1, -0.05) is 19.8 Å². The van der Waals surface area contributed by atoms with Gasteiger partial charge in [-0.2, -0.15) is 0 Å². The smallest absolute Gasteiger partial charge is 0.0456 e. The van der Waals surface area contributed by atoms with Gasteiger partial charge in [0.15, 0.2) is 0 Å². The van der Waals surface area contributed by atoms with Gasteiger partial charge in [-0.15, -0.1) is 0 Å². The number of hydrogen-bond donors (Lipinski definition) is 3. The molecule has 2 rings (SSSR count). The van der Waals surface area contributed by atoms with Crippen molar-refractivity contribution in [3.05, 3.63) is 0 Å². The van der Waals surface area contributed by atoms with Gasteiger partial charge in [0.2, 0.25) is 0 Å². The number of piperidine rings is 1. The lowest BCUT2D eigenvalue weighted by molar-refractivity contribution is 0.224. The Bertz CT molecular complexity index is 241. The molecule has 1 heterocycles. The summed E-state index contributed by atoms with van der Waals surface area (Å²) in [6.07, 6.45) is 10.7. The minimum Gasteiger partial charge on any atom is -0.396 e. The average molecular weight is 268 g/mol. The second-order valence-corrected chi connectivity index (χ2v) is 6.64. The van der Waals surface area contributed by atoms with Crippen molar-refractivity contribution in [2.75, 3.05) is 19.7 Å². The van der Waals surface area contributed by atoms with Crippen molar-refractivity contribution in [3.63, 3.8) is 0 Å². The Morgan fingerprint density at radius 3 is 2.84 bits per heavy atom. The second kappa shape index (κ2) is 8.23. The van der Waals surface area contributed by atoms with E-state index in [1.165, 1.54) is 51.5 Å². The molecule has 0 radical (unpaired) electrons. The maximum Gasteiger partial charge on any atom is 0.0456 e. The van der Waals surface area contributed by atoms with E-state index in [-0.39, 0.29) is 0 Å². The Kier molecular flexibility index (Phi) is 6.62. The first-order valence-electron chi connectivity index (χ1n) is 8.39. The monoisotopic (exact) mass is 268 g/mol. The number of hydrogen-bond acceptors (Lipinski definition) is 3. The Morgan fingerprint density at radius 2 is 2.11 bits per heavy atom. The first kappa shape index (κ1) is 15.3. The lowest BCUT2D eigenvalue weighted by atomic mass is 9.88. The van der Waals surface area contributed by atoms with Crippen LogP contribution in [0, 0.1) is 11.8 Å². The van der Waals surface area contributed by atoms with Crippen molar-refractivity contribution in [2.24, 2.45) is 11.8 Å². The topological polar surface area (TPSA) is 44.3 Å². The fourth-order valence-electron chi connectivity index (χ4n) is 3.80. The normalized spacial score (nSPS) is 33.5. The molecule has 0 bridgehead atoms. The molecule has 1 aliphatic carbocycles. The van der Waals surface area contributed by atoms with Crippen molar-refractivity contribution in [1.82, 2.24) is 10.6 Å². The van der Waals surface area contributed by atoms with Crippen LogP contribution in [0.3, 0.4) is 0 Å². The molecule has 2 fully saturated rings. The summed E-state index contributed by atoms with van der Waals surface area (Å²) >= 11 is 0. The minimum atomic E-state index is 0.331. The SMILES string of the molecule is CC(CO)CCCNC1CCCC1C1CCCCN1. The molecule has 1 saturated heterocycles. The van der Waals surface area contributed by atoms with Gasteiger partial charge in [0.25, 0.3) is 0 Å². The van der Waals surface area contributed by atoms with Crippen molar-refractivity contribution in [3.8, 4) is 0 Å². The van der Waals surface area contributed by atoms with Crippen molar-refractivity contribution >= 4 is 0 Å². The fourth-order valence-corrected chi connectivity index (χ4v) is 3.80. The van der Waals surface area contributed by atoms with Crippen LogP contribution in [0.4, 0.5) is 0 Å². The van der Waals surface area contributed by atoms with Crippen LogP contribution >= 0.6 is 0 Å². The van der Waals surface area contributed by atoms with Gasteiger partial charge in [-0.25, -0.2) is 0 Å². The predicted octanol–water partition coefficient (Wildman–Crippen LogP) is 2.30. The molecule has 1 aliphatic heterocycles. The quantitative estimate of drug-likeness (QED) is 0.621. The zero-order chi connectivity index (χ0) is 13.5. The van der Waals surface area contributed by atoms with E-state index in [2.05, 4.69) is 17.6 Å². The molecule has 0 aromatic carbocycles. The minimum absolute atomic E-state index is 0.331. The van der Waals surface area contributed by atoms with E-state index >= 15 is 0 Å². The zero-order valence-electron chi connectivity index (χ0n) is 12.5. The standard InChI is InChI=1S/C16H32N2O/c1-13(12-19)6-5-11-18-16-9-4-7-14(16)15-8-2-3-10-17-15/h13-19H,2-12H2,1H3. The van der Waals surface area contributed by atoms with Gasteiger partial charge in [0, 0.05) is 18.7 Å². The van der Waals surface area contributed by atoms with E-state index in [4.69, 9.17) is 5.11 Å². The van der Waals surface area contributed by atoms with Gasteiger partial charge in [-0.3, -0.25) is 0 Å². The third-order valence-electron chi connectivity index (χ3n) is 5.03. The van der Waals surface area contributed by atoms with Crippen LogP contribution in [0.5, 0.6) is 0 Å². The largest absolute Gasteiger partial charge is 0.396 e. The summed E-state index contributed by atoms with van der Waals surface area (Å²) in [7, 11) is 0. The lowest BCUT2D eigenvalue weighted by Crippen LogP contribution is -2.47. The van der Waals surface area contributed by atoms with Crippen molar-refractivity contribution in [2.45, 2.75) is 70.4 Å². The van der Waals surface area contributed by atoms with E-state index in [9.17, 15) is 0 Å². The lowest BCUT2D eigenvalue weighted by Gasteiger charge is -2.33. The molecule has 3 heteroatoms. The van der Waals surface area contributed by atoms with E-state index in [0.717, 1.165) is 31.0 Å². The van der Waals surface area contributed by atoms with Gasteiger partial charge >= 0.3 is 0 Å². The number of nitrogens with one attached hydrogen (secondary N) is 2. The molecule has 112 valence electrons. The van der Waals surface area contributed by atoms with Gasteiger partial charge in [-0.05, 0) is 63.5 Å². The molecule has 4 unspecified atom stereocenters. The summed E-state index contributed by atoms with van der Waals surface area (Å²) in [6, 6.07) is 1.50.